The van der Waals surface area contributed by atoms with Crippen LogP contribution in [0.25, 0.3) is 0 Å². The molecule has 0 spiro atoms. The summed E-state index contributed by atoms with van der Waals surface area (Å²) in [6, 6.07) is 16.4. The molecular weight excluding hydrogens is 324 g/mol. The lowest BCUT2D eigenvalue weighted by atomic mass is 9.96. The maximum atomic E-state index is 12.5. The fraction of sp³-hybridized carbons (Fsp3) is 0.263. The molecule has 0 bridgehead atoms. The molecule has 1 fully saturated rings. The van der Waals surface area contributed by atoms with Crippen LogP contribution in [0.15, 0.2) is 48.5 Å². The highest BCUT2D eigenvalue weighted by atomic mass is 35.5. The number of amides is 1. The molecule has 0 radical (unpaired) electrons. The van der Waals surface area contributed by atoms with Crippen molar-refractivity contribution in [3.8, 4) is 6.07 Å². The molecule has 1 aliphatic heterocycles. The van der Waals surface area contributed by atoms with Crippen molar-refractivity contribution in [1.29, 1.82) is 5.26 Å². The van der Waals surface area contributed by atoms with Crippen LogP contribution in [0.4, 0.5) is 10.5 Å². The maximum Gasteiger partial charge on any atom is 0.415 e. The van der Waals surface area contributed by atoms with Gasteiger partial charge in [-0.05, 0) is 48.4 Å². The molecule has 2 aromatic carbocycles. The summed E-state index contributed by atoms with van der Waals surface area (Å²) >= 11 is 5.94. The second kappa shape index (κ2) is 6.94. The lowest BCUT2D eigenvalue weighted by Gasteiger charge is -2.24. The number of hydrogen-bond donors (Lipinski definition) is 0. The van der Waals surface area contributed by atoms with Crippen molar-refractivity contribution in [1.82, 2.24) is 0 Å². The molecule has 3 rings (SSSR count). The van der Waals surface area contributed by atoms with E-state index < -0.39 is 0 Å². The number of carbonyl (C=O) groups excluding carboxylic acids is 1. The summed E-state index contributed by atoms with van der Waals surface area (Å²) in [4.78, 5) is 14.2. The highest BCUT2D eigenvalue weighted by molar-refractivity contribution is 6.30. The van der Waals surface area contributed by atoms with Gasteiger partial charge in [0.25, 0.3) is 0 Å². The molecule has 1 heterocycles. The Morgan fingerprint density at radius 2 is 2.00 bits per heavy atom. The zero-order chi connectivity index (χ0) is 17.1. The van der Waals surface area contributed by atoms with Crippen LogP contribution >= 0.6 is 11.6 Å². The Morgan fingerprint density at radius 1 is 1.25 bits per heavy atom. The molecule has 0 aromatic heterocycles. The summed E-state index contributed by atoms with van der Waals surface area (Å²) in [5, 5.41) is 9.72. The van der Waals surface area contributed by atoms with E-state index >= 15 is 0 Å². The van der Waals surface area contributed by atoms with Crippen molar-refractivity contribution >= 4 is 23.4 Å². The number of rotatable bonds is 4. The predicted octanol–water partition coefficient (Wildman–Crippen LogP) is 5.08. The molecule has 4 nitrogen and oxygen atoms in total. The lowest BCUT2D eigenvalue weighted by molar-refractivity contribution is 0.131. The SMILES string of the molecule is CCCC1C(c2cccc(C#N)c2)OC(=O)N1c1ccc(Cl)cc1. The molecule has 1 amide bonds. The Hall–Kier alpha value is -2.51. The first-order valence-corrected chi connectivity index (χ1v) is 8.27. The van der Waals surface area contributed by atoms with E-state index in [1.165, 1.54) is 0 Å². The van der Waals surface area contributed by atoms with Crippen LogP contribution in [0.1, 0.15) is 37.0 Å². The van der Waals surface area contributed by atoms with Crippen LogP contribution in [0, 0.1) is 11.3 Å². The summed E-state index contributed by atoms with van der Waals surface area (Å²) in [6.45, 7) is 2.07. The predicted molar refractivity (Wildman–Crippen MR) is 93.0 cm³/mol. The van der Waals surface area contributed by atoms with Crippen molar-refractivity contribution in [2.45, 2.75) is 31.9 Å². The zero-order valence-electron chi connectivity index (χ0n) is 13.3. The Kier molecular flexibility index (Phi) is 4.73. The van der Waals surface area contributed by atoms with Crippen molar-refractivity contribution < 1.29 is 9.53 Å². The fourth-order valence-corrected chi connectivity index (χ4v) is 3.19. The third-order valence-corrected chi connectivity index (χ3v) is 4.39. The van der Waals surface area contributed by atoms with E-state index in [2.05, 4.69) is 13.0 Å². The zero-order valence-corrected chi connectivity index (χ0v) is 14.0. The number of ether oxygens (including phenoxy) is 1. The number of halogens is 1. The van der Waals surface area contributed by atoms with Crippen LogP contribution < -0.4 is 4.90 Å². The highest BCUT2D eigenvalue weighted by Crippen LogP contribution is 2.38. The van der Waals surface area contributed by atoms with E-state index in [9.17, 15) is 4.79 Å². The number of nitriles is 1. The summed E-state index contributed by atoms with van der Waals surface area (Å²) < 4.78 is 5.65. The first-order valence-electron chi connectivity index (χ1n) is 7.89. The van der Waals surface area contributed by atoms with Gasteiger partial charge in [0.15, 0.2) is 0 Å². The number of nitrogens with zero attached hydrogens (tertiary/aromatic N) is 2. The van der Waals surface area contributed by atoms with Crippen LogP contribution in [0.3, 0.4) is 0 Å². The topological polar surface area (TPSA) is 53.3 Å². The fourth-order valence-electron chi connectivity index (χ4n) is 3.06. The standard InChI is InChI=1S/C19H17ClN2O2/c1-2-4-17-18(14-6-3-5-13(11-14)12-21)24-19(23)22(17)16-9-7-15(20)8-10-16/h3,5-11,17-18H,2,4H2,1H3. The molecule has 0 aliphatic carbocycles. The molecular formula is C19H17ClN2O2. The molecule has 2 unspecified atom stereocenters. The van der Waals surface area contributed by atoms with Crippen molar-refractivity contribution in [2.24, 2.45) is 0 Å². The normalized spacial score (nSPS) is 19.9. The minimum atomic E-state index is -0.388. The molecule has 0 N–H and O–H groups in total. The number of carbonyl (C=O) groups is 1. The minimum Gasteiger partial charge on any atom is -0.439 e. The number of benzene rings is 2. The van der Waals surface area contributed by atoms with Crippen molar-refractivity contribution in [2.75, 3.05) is 4.90 Å². The Bertz CT molecular complexity index is 783. The molecule has 1 aliphatic rings. The van der Waals surface area contributed by atoms with Gasteiger partial charge in [-0.15, -0.1) is 0 Å². The second-order valence-corrected chi connectivity index (χ2v) is 6.18. The Balaban J connectivity index is 1.98. The Morgan fingerprint density at radius 3 is 2.67 bits per heavy atom. The van der Waals surface area contributed by atoms with E-state index in [4.69, 9.17) is 21.6 Å². The molecule has 122 valence electrons. The maximum absolute atomic E-state index is 12.5. The molecule has 24 heavy (non-hydrogen) atoms. The average Bonchev–Trinajstić information content (AvgIpc) is 2.92. The van der Waals surface area contributed by atoms with Gasteiger partial charge in [0.05, 0.1) is 17.7 Å². The van der Waals surface area contributed by atoms with Gasteiger partial charge in [-0.3, -0.25) is 4.90 Å². The van der Waals surface area contributed by atoms with Crippen molar-refractivity contribution in [3.63, 3.8) is 0 Å². The second-order valence-electron chi connectivity index (χ2n) is 5.74. The van der Waals surface area contributed by atoms with E-state index in [1.807, 2.05) is 24.3 Å². The monoisotopic (exact) mass is 340 g/mol. The molecule has 1 saturated heterocycles. The van der Waals surface area contributed by atoms with E-state index in [-0.39, 0.29) is 18.2 Å². The number of hydrogen-bond acceptors (Lipinski definition) is 3. The highest BCUT2D eigenvalue weighted by Gasteiger charge is 2.42. The van der Waals surface area contributed by atoms with Crippen LogP contribution in [-0.2, 0) is 4.74 Å². The van der Waals surface area contributed by atoms with Crippen LogP contribution in [0.2, 0.25) is 5.02 Å². The third-order valence-electron chi connectivity index (χ3n) is 4.14. The molecule has 0 saturated carbocycles. The van der Waals surface area contributed by atoms with Gasteiger partial charge in [-0.25, -0.2) is 4.79 Å². The van der Waals surface area contributed by atoms with Gasteiger partial charge >= 0.3 is 6.09 Å². The average molecular weight is 341 g/mol. The quantitative estimate of drug-likeness (QED) is 0.780. The largest absolute Gasteiger partial charge is 0.439 e. The molecule has 2 aromatic rings. The van der Waals surface area contributed by atoms with Gasteiger partial charge in [-0.2, -0.15) is 5.26 Å². The third kappa shape index (κ3) is 3.08. The van der Waals surface area contributed by atoms with Crippen LogP contribution in [-0.4, -0.2) is 12.1 Å². The summed E-state index contributed by atoms with van der Waals surface area (Å²) in [5.41, 5.74) is 2.17. The Labute approximate surface area is 146 Å². The van der Waals surface area contributed by atoms with Gasteiger partial charge in [0.2, 0.25) is 0 Å². The lowest BCUT2D eigenvalue weighted by Crippen LogP contribution is -2.34. The smallest absolute Gasteiger partial charge is 0.415 e. The van der Waals surface area contributed by atoms with E-state index in [1.54, 1.807) is 29.2 Å². The van der Waals surface area contributed by atoms with Crippen LogP contribution in [0.5, 0.6) is 0 Å². The molecule has 2 atom stereocenters. The van der Waals surface area contributed by atoms with Gasteiger partial charge in [-0.1, -0.05) is 37.1 Å². The van der Waals surface area contributed by atoms with E-state index in [0.717, 1.165) is 24.1 Å². The van der Waals surface area contributed by atoms with E-state index in [0.29, 0.717) is 10.6 Å². The summed E-state index contributed by atoms with van der Waals surface area (Å²) in [7, 11) is 0. The first kappa shape index (κ1) is 16.4. The molecule has 5 heteroatoms. The first-order chi connectivity index (χ1) is 11.6. The summed E-state index contributed by atoms with van der Waals surface area (Å²) in [5.74, 6) is 0. The summed E-state index contributed by atoms with van der Waals surface area (Å²) in [6.07, 6.45) is 0.958. The van der Waals surface area contributed by atoms with Gasteiger partial charge in [0, 0.05) is 10.7 Å². The number of cyclic esters (lactones) is 1. The minimum absolute atomic E-state index is 0.113. The number of anilines is 1. The van der Waals surface area contributed by atoms with Gasteiger partial charge < -0.3 is 4.74 Å². The van der Waals surface area contributed by atoms with Gasteiger partial charge in [0.1, 0.15) is 6.10 Å². The van der Waals surface area contributed by atoms with Crippen molar-refractivity contribution in [3.05, 3.63) is 64.7 Å².